The maximum atomic E-state index is 6.12. The molecule has 0 aliphatic heterocycles. The molecular formula is C12H13N5S. The Morgan fingerprint density at radius 3 is 3.00 bits per heavy atom. The van der Waals surface area contributed by atoms with Crippen molar-refractivity contribution in [1.82, 2.24) is 19.4 Å². The van der Waals surface area contributed by atoms with E-state index in [9.17, 15) is 0 Å². The van der Waals surface area contributed by atoms with Gasteiger partial charge in [0.15, 0.2) is 4.96 Å². The number of hydrogen-bond donors (Lipinski definition) is 1. The van der Waals surface area contributed by atoms with E-state index in [1.807, 2.05) is 29.1 Å². The van der Waals surface area contributed by atoms with Crippen molar-refractivity contribution < 1.29 is 0 Å². The van der Waals surface area contributed by atoms with E-state index in [4.69, 9.17) is 5.73 Å². The summed E-state index contributed by atoms with van der Waals surface area (Å²) in [5.41, 5.74) is 8.80. The number of aryl methyl sites for hydroxylation is 1. The summed E-state index contributed by atoms with van der Waals surface area (Å²) in [6.07, 6.45) is 8.15. The molecule has 1 unspecified atom stereocenters. The SMILES string of the molecule is Cc1cnc(C(N)Cc2cn3ccsc3n2)cn1. The zero-order chi connectivity index (χ0) is 12.5. The highest BCUT2D eigenvalue weighted by atomic mass is 32.1. The first kappa shape index (κ1) is 11.3. The highest BCUT2D eigenvalue weighted by molar-refractivity contribution is 7.15. The van der Waals surface area contributed by atoms with E-state index >= 15 is 0 Å². The number of imidazole rings is 1. The molecule has 3 aromatic rings. The van der Waals surface area contributed by atoms with E-state index < -0.39 is 0 Å². The van der Waals surface area contributed by atoms with Crippen LogP contribution in [0.2, 0.25) is 0 Å². The maximum Gasteiger partial charge on any atom is 0.193 e. The fourth-order valence-electron chi connectivity index (χ4n) is 1.80. The highest BCUT2D eigenvalue weighted by Gasteiger charge is 2.11. The van der Waals surface area contributed by atoms with E-state index in [0.29, 0.717) is 6.42 Å². The third kappa shape index (κ3) is 2.12. The Hall–Kier alpha value is -1.79. The van der Waals surface area contributed by atoms with E-state index in [1.165, 1.54) is 0 Å². The van der Waals surface area contributed by atoms with Crippen LogP contribution < -0.4 is 5.73 Å². The second-order valence-electron chi connectivity index (χ2n) is 4.22. The first-order valence-electron chi connectivity index (χ1n) is 5.67. The lowest BCUT2D eigenvalue weighted by Crippen LogP contribution is -2.15. The van der Waals surface area contributed by atoms with Gasteiger partial charge in [0.25, 0.3) is 0 Å². The predicted octanol–water partition coefficient (Wildman–Crippen LogP) is 1.74. The van der Waals surface area contributed by atoms with E-state index in [-0.39, 0.29) is 6.04 Å². The van der Waals surface area contributed by atoms with Gasteiger partial charge in [0, 0.05) is 30.4 Å². The van der Waals surface area contributed by atoms with Gasteiger partial charge in [-0.15, -0.1) is 11.3 Å². The van der Waals surface area contributed by atoms with Crippen molar-refractivity contribution in [2.75, 3.05) is 0 Å². The molecule has 0 amide bonds. The van der Waals surface area contributed by atoms with Gasteiger partial charge in [-0.2, -0.15) is 0 Å². The van der Waals surface area contributed by atoms with Crippen LogP contribution >= 0.6 is 11.3 Å². The van der Waals surface area contributed by atoms with Gasteiger partial charge < -0.3 is 5.73 Å². The smallest absolute Gasteiger partial charge is 0.193 e. The maximum absolute atomic E-state index is 6.12. The summed E-state index contributed by atoms with van der Waals surface area (Å²) in [4.78, 5) is 14.0. The molecule has 1 atom stereocenters. The van der Waals surface area contributed by atoms with Gasteiger partial charge in [0.1, 0.15) is 0 Å². The van der Waals surface area contributed by atoms with Crippen LogP contribution in [0.25, 0.3) is 4.96 Å². The van der Waals surface area contributed by atoms with Crippen molar-refractivity contribution in [1.29, 1.82) is 0 Å². The minimum absolute atomic E-state index is 0.164. The Balaban J connectivity index is 1.79. The molecule has 2 N–H and O–H groups in total. The quantitative estimate of drug-likeness (QED) is 0.777. The Labute approximate surface area is 108 Å². The predicted molar refractivity (Wildman–Crippen MR) is 70.5 cm³/mol. The van der Waals surface area contributed by atoms with Crippen molar-refractivity contribution in [2.45, 2.75) is 19.4 Å². The topological polar surface area (TPSA) is 69.1 Å². The van der Waals surface area contributed by atoms with Crippen molar-refractivity contribution in [3.63, 3.8) is 0 Å². The molecule has 0 radical (unpaired) electrons. The third-order valence-electron chi connectivity index (χ3n) is 2.75. The number of nitrogens with zero attached hydrogens (tertiary/aromatic N) is 4. The second-order valence-corrected chi connectivity index (χ2v) is 5.09. The second kappa shape index (κ2) is 4.47. The molecule has 18 heavy (non-hydrogen) atoms. The summed E-state index contributed by atoms with van der Waals surface area (Å²) in [5.74, 6) is 0. The first-order valence-corrected chi connectivity index (χ1v) is 6.55. The van der Waals surface area contributed by atoms with Crippen LogP contribution in [0, 0.1) is 6.92 Å². The van der Waals surface area contributed by atoms with Crippen LogP contribution in [0.15, 0.2) is 30.2 Å². The van der Waals surface area contributed by atoms with Gasteiger partial charge in [-0.05, 0) is 6.92 Å². The molecule has 0 spiro atoms. The lowest BCUT2D eigenvalue weighted by atomic mass is 10.1. The summed E-state index contributed by atoms with van der Waals surface area (Å²) in [7, 11) is 0. The molecule has 3 aromatic heterocycles. The van der Waals surface area contributed by atoms with Crippen LogP contribution in [0.3, 0.4) is 0 Å². The third-order valence-corrected chi connectivity index (χ3v) is 3.52. The Kier molecular flexibility index (Phi) is 2.81. The molecular weight excluding hydrogens is 246 g/mol. The summed E-state index contributed by atoms with van der Waals surface area (Å²) >= 11 is 1.62. The Morgan fingerprint density at radius 1 is 1.39 bits per heavy atom. The molecule has 0 saturated carbocycles. The van der Waals surface area contributed by atoms with Crippen LogP contribution in [-0.2, 0) is 6.42 Å². The van der Waals surface area contributed by atoms with Gasteiger partial charge in [-0.3, -0.25) is 14.4 Å². The minimum atomic E-state index is -0.164. The molecule has 0 saturated heterocycles. The molecule has 0 aliphatic rings. The van der Waals surface area contributed by atoms with Crippen molar-refractivity contribution in [2.24, 2.45) is 5.73 Å². The summed E-state index contributed by atoms with van der Waals surface area (Å²) in [6, 6.07) is -0.164. The van der Waals surface area contributed by atoms with Crippen molar-refractivity contribution in [3.8, 4) is 0 Å². The van der Waals surface area contributed by atoms with Gasteiger partial charge >= 0.3 is 0 Å². The molecule has 6 heteroatoms. The number of aromatic nitrogens is 4. The lowest BCUT2D eigenvalue weighted by Gasteiger charge is -2.08. The van der Waals surface area contributed by atoms with Crippen LogP contribution in [0.5, 0.6) is 0 Å². The van der Waals surface area contributed by atoms with E-state index in [0.717, 1.165) is 22.0 Å². The van der Waals surface area contributed by atoms with Gasteiger partial charge in [0.2, 0.25) is 0 Å². The van der Waals surface area contributed by atoms with Crippen molar-refractivity contribution in [3.05, 3.63) is 47.2 Å². The molecule has 0 aromatic carbocycles. The highest BCUT2D eigenvalue weighted by Crippen LogP contribution is 2.16. The number of nitrogens with two attached hydrogens (primary N) is 1. The number of fused-ring (bicyclic) bond motifs is 1. The van der Waals surface area contributed by atoms with Crippen LogP contribution in [0.1, 0.15) is 23.1 Å². The molecule has 0 fully saturated rings. The summed E-state index contributed by atoms with van der Waals surface area (Å²) < 4.78 is 2.01. The van der Waals surface area contributed by atoms with Crippen LogP contribution in [0.4, 0.5) is 0 Å². The zero-order valence-electron chi connectivity index (χ0n) is 9.95. The standard InChI is InChI=1S/C12H13N5S/c1-8-5-15-11(6-14-8)10(13)4-9-7-17-2-3-18-12(17)16-9/h2-3,5-7,10H,4,13H2,1H3. The molecule has 3 rings (SSSR count). The zero-order valence-corrected chi connectivity index (χ0v) is 10.8. The van der Waals surface area contributed by atoms with Crippen molar-refractivity contribution >= 4 is 16.3 Å². The Morgan fingerprint density at radius 2 is 2.28 bits per heavy atom. The fraction of sp³-hybridized carbons (Fsp3) is 0.250. The number of thiazole rings is 1. The van der Waals surface area contributed by atoms with Gasteiger partial charge in [0.05, 0.1) is 29.3 Å². The molecule has 0 bridgehead atoms. The van der Waals surface area contributed by atoms with Gasteiger partial charge in [-0.1, -0.05) is 0 Å². The average Bonchev–Trinajstić information content (AvgIpc) is 2.90. The molecule has 92 valence electrons. The Bertz CT molecular complexity index is 626. The summed E-state index contributed by atoms with van der Waals surface area (Å²) in [6.45, 7) is 1.91. The number of hydrogen-bond acceptors (Lipinski definition) is 5. The monoisotopic (exact) mass is 259 g/mol. The number of rotatable bonds is 3. The van der Waals surface area contributed by atoms with Crippen LogP contribution in [-0.4, -0.2) is 19.4 Å². The molecule has 0 aliphatic carbocycles. The average molecular weight is 259 g/mol. The minimum Gasteiger partial charge on any atom is -0.322 e. The normalized spacial score (nSPS) is 13.0. The van der Waals surface area contributed by atoms with E-state index in [2.05, 4.69) is 15.0 Å². The van der Waals surface area contributed by atoms with Gasteiger partial charge in [-0.25, -0.2) is 4.98 Å². The summed E-state index contributed by atoms with van der Waals surface area (Å²) in [5, 5.41) is 2.01. The molecule has 5 nitrogen and oxygen atoms in total. The lowest BCUT2D eigenvalue weighted by molar-refractivity contribution is 0.680. The molecule has 3 heterocycles. The largest absolute Gasteiger partial charge is 0.322 e. The van der Waals surface area contributed by atoms with E-state index in [1.54, 1.807) is 23.7 Å². The fourth-order valence-corrected chi connectivity index (χ4v) is 2.52. The first-order chi connectivity index (χ1) is 8.72.